The lowest BCUT2D eigenvalue weighted by molar-refractivity contribution is 0.0696. The van der Waals surface area contributed by atoms with Crippen molar-refractivity contribution < 1.29 is 14.7 Å². The van der Waals surface area contributed by atoms with Crippen LogP contribution in [0.3, 0.4) is 0 Å². The molecule has 0 fully saturated rings. The summed E-state index contributed by atoms with van der Waals surface area (Å²) in [5.74, 6) is -0.388. The zero-order chi connectivity index (χ0) is 15.4. The van der Waals surface area contributed by atoms with E-state index in [1.807, 2.05) is 0 Å². The molecule has 1 aromatic carbocycles. The number of carboxylic acids is 1. The minimum Gasteiger partial charge on any atom is -0.478 e. The molecule has 0 spiro atoms. The standard InChI is InChI=1S/C14H16N4O3/c1-8-3-4-10(7-11(8)13(19)20)18-14(21)17-9(2)12-15-5-6-16-12/h3-7,9H,1-2H3,(H,15,16)(H,19,20)(H2,17,18,21). The molecule has 0 aliphatic carbocycles. The summed E-state index contributed by atoms with van der Waals surface area (Å²) in [4.78, 5) is 29.9. The zero-order valence-corrected chi connectivity index (χ0v) is 11.7. The van der Waals surface area contributed by atoms with Crippen LogP contribution in [0.25, 0.3) is 0 Å². The number of carbonyl (C=O) groups is 2. The number of urea groups is 1. The number of benzene rings is 1. The average molecular weight is 288 g/mol. The van der Waals surface area contributed by atoms with Gasteiger partial charge in [0.2, 0.25) is 0 Å². The summed E-state index contributed by atoms with van der Waals surface area (Å²) >= 11 is 0. The van der Waals surface area contributed by atoms with Gasteiger partial charge in [-0.15, -0.1) is 0 Å². The third-order valence-corrected chi connectivity index (χ3v) is 3.00. The van der Waals surface area contributed by atoms with Crippen molar-refractivity contribution in [2.45, 2.75) is 19.9 Å². The molecule has 2 rings (SSSR count). The third-order valence-electron chi connectivity index (χ3n) is 3.00. The summed E-state index contributed by atoms with van der Waals surface area (Å²) in [7, 11) is 0. The van der Waals surface area contributed by atoms with E-state index in [-0.39, 0.29) is 11.6 Å². The van der Waals surface area contributed by atoms with Crippen LogP contribution in [0.2, 0.25) is 0 Å². The van der Waals surface area contributed by atoms with Gasteiger partial charge < -0.3 is 20.7 Å². The van der Waals surface area contributed by atoms with Crippen LogP contribution >= 0.6 is 0 Å². The van der Waals surface area contributed by atoms with Gasteiger partial charge in [0.1, 0.15) is 5.82 Å². The molecule has 1 unspecified atom stereocenters. The predicted molar refractivity (Wildman–Crippen MR) is 77.3 cm³/mol. The number of hydrogen-bond acceptors (Lipinski definition) is 3. The second-order valence-corrected chi connectivity index (χ2v) is 4.63. The molecule has 0 radical (unpaired) electrons. The van der Waals surface area contributed by atoms with Crippen LogP contribution in [-0.2, 0) is 0 Å². The maximum Gasteiger partial charge on any atom is 0.336 e. The maximum absolute atomic E-state index is 11.9. The lowest BCUT2D eigenvalue weighted by Gasteiger charge is -2.13. The van der Waals surface area contributed by atoms with Gasteiger partial charge in [-0.05, 0) is 31.5 Å². The summed E-state index contributed by atoms with van der Waals surface area (Å²) in [5, 5.41) is 14.4. The number of imidazole rings is 1. The van der Waals surface area contributed by atoms with Gasteiger partial charge in [0.15, 0.2) is 0 Å². The molecule has 0 saturated carbocycles. The zero-order valence-electron chi connectivity index (χ0n) is 11.7. The molecule has 110 valence electrons. The van der Waals surface area contributed by atoms with E-state index in [0.717, 1.165) is 0 Å². The van der Waals surface area contributed by atoms with Crippen molar-refractivity contribution in [3.63, 3.8) is 0 Å². The first-order chi connectivity index (χ1) is 9.97. The molecular weight excluding hydrogens is 272 g/mol. The molecule has 7 heteroatoms. The second-order valence-electron chi connectivity index (χ2n) is 4.63. The van der Waals surface area contributed by atoms with Gasteiger partial charge in [0.25, 0.3) is 0 Å². The minimum atomic E-state index is -1.03. The number of H-pyrrole nitrogens is 1. The highest BCUT2D eigenvalue weighted by Gasteiger charge is 2.13. The van der Waals surface area contributed by atoms with Crippen LogP contribution in [0.5, 0.6) is 0 Å². The molecule has 4 N–H and O–H groups in total. The minimum absolute atomic E-state index is 0.159. The molecule has 0 saturated heterocycles. The van der Waals surface area contributed by atoms with Gasteiger partial charge in [-0.25, -0.2) is 14.6 Å². The van der Waals surface area contributed by atoms with Crippen molar-refractivity contribution in [1.29, 1.82) is 0 Å². The van der Waals surface area contributed by atoms with E-state index in [0.29, 0.717) is 17.1 Å². The third kappa shape index (κ3) is 3.59. The Morgan fingerprint density at radius 2 is 2.14 bits per heavy atom. The molecule has 21 heavy (non-hydrogen) atoms. The van der Waals surface area contributed by atoms with E-state index in [9.17, 15) is 9.59 Å². The Morgan fingerprint density at radius 1 is 1.38 bits per heavy atom. The lowest BCUT2D eigenvalue weighted by atomic mass is 10.1. The van der Waals surface area contributed by atoms with Gasteiger partial charge in [-0.3, -0.25) is 0 Å². The van der Waals surface area contributed by atoms with E-state index < -0.39 is 12.0 Å². The number of nitrogens with zero attached hydrogens (tertiary/aromatic N) is 1. The molecule has 2 aromatic rings. The largest absolute Gasteiger partial charge is 0.478 e. The highest BCUT2D eigenvalue weighted by Crippen LogP contribution is 2.15. The molecular formula is C14H16N4O3. The molecule has 0 aliphatic rings. The Hall–Kier alpha value is -2.83. The molecule has 0 aliphatic heterocycles. The number of carboxylic acid groups (broad SMARTS) is 1. The van der Waals surface area contributed by atoms with Gasteiger partial charge in [0, 0.05) is 18.1 Å². The van der Waals surface area contributed by atoms with Crippen LogP contribution < -0.4 is 10.6 Å². The number of hydrogen-bond donors (Lipinski definition) is 4. The first kappa shape index (κ1) is 14.6. The van der Waals surface area contributed by atoms with Crippen molar-refractivity contribution in [3.8, 4) is 0 Å². The van der Waals surface area contributed by atoms with Gasteiger partial charge >= 0.3 is 12.0 Å². The molecule has 0 bridgehead atoms. The van der Waals surface area contributed by atoms with Crippen LogP contribution in [0.4, 0.5) is 10.5 Å². The summed E-state index contributed by atoms with van der Waals surface area (Å²) in [6.07, 6.45) is 3.27. The van der Waals surface area contributed by atoms with Gasteiger partial charge in [-0.2, -0.15) is 0 Å². The van der Waals surface area contributed by atoms with E-state index in [1.54, 1.807) is 38.4 Å². The molecule has 1 heterocycles. The number of carbonyl (C=O) groups excluding carboxylic acids is 1. The Labute approximate surface area is 121 Å². The van der Waals surface area contributed by atoms with Crippen LogP contribution in [-0.4, -0.2) is 27.1 Å². The van der Waals surface area contributed by atoms with Crippen molar-refractivity contribution in [2.24, 2.45) is 0 Å². The lowest BCUT2D eigenvalue weighted by Crippen LogP contribution is -2.31. The number of anilines is 1. The number of rotatable bonds is 4. The van der Waals surface area contributed by atoms with E-state index >= 15 is 0 Å². The first-order valence-electron chi connectivity index (χ1n) is 6.38. The number of aromatic nitrogens is 2. The highest BCUT2D eigenvalue weighted by atomic mass is 16.4. The first-order valence-corrected chi connectivity index (χ1v) is 6.38. The second kappa shape index (κ2) is 6.08. The number of aryl methyl sites for hydroxylation is 1. The predicted octanol–water partition coefficient (Wildman–Crippen LogP) is 2.30. The summed E-state index contributed by atoms with van der Waals surface area (Å²) < 4.78 is 0. The Balaban J connectivity index is 2.03. The molecule has 7 nitrogen and oxygen atoms in total. The molecule has 1 aromatic heterocycles. The number of aromatic carboxylic acids is 1. The van der Waals surface area contributed by atoms with E-state index in [2.05, 4.69) is 20.6 Å². The van der Waals surface area contributed by atoms with Gasteiger partial charge in [0.05, 0.1) is 11.6 Å². The van der Waals surface area contributed by atoms with Crippen LogP contribution in [0, 0.1) is 6.92 Å². The summed E-state index contributed by atoms with van der Waals surface area (Å²) in [6, 6.07) is 4.01. The fourth-order valence-corrected chi connectivity index (χ4v) is 1.88. The number of nitrogens with one attached hydrogen (secondary N) is 3. The number of amides is 2. The Morgan fingerprint density at radius 3 is 2.76 bits per heavy atom. The maximum atomic E-state index is 11.9. The van der Waals surface area contributed by atoms with Gasteiger partial charge in [-0.1, -0.05) is 6.07 Å². The smallest absolute Gasteiger partial charge is 0.336 e. The van der Waals surface area contributed by atoms with Crippen molar-refractivity contribution in [2.75, 3.05) is 5.32 Å². The average Bonchev–Trinajstić information content (AvgIpc) is 2.94. The van der Waals surface area contributed by atoms with Crippen molar-refractivity contribution in [3.05, 3.63) is 47.5 Å². The SMILES string of the molecule is Cc1ccc(NC(=O)NC(C)c2ncc[nH]2)cc1C(=O)O. The van der Waals surface area contributed by atoms with Crippen LogP contribution in [0.1, 0.15) is 34.7 Å². The topological polar surface area (TPSA) is 107 Å². The van der Waals surface area contributed by atoms with E-state index in [4.69, 9.17) is 5.11 Å². The fraction of sp³-hybridized carbons (Fsp3) is 0.214. The molecule has 1 atom stereocenters. The fourth-order valence-electron chi connectivity index (χ4n) is 1.88. The van der Waals surface area contributed by atoms with Crippen molar-refractivity contribution in [1.82, 2.24) is 15.3 Å². The number of aromatic amines is 1. The van der Waals surface area contributed by atoms with Crippen molar-refractivity contribution >= 4 is 17.7 Å². The summed E-state index contributed by atoms with van der Waals surface area (Å²) in [5.41, 5.74) is 1.21. The normalized spacial score (nSPS) is 11.7. The quantitative estimate of drug-likeness (QED) is 0.692. The highest BCUT2D eigenvalue weighted by molar-refractivity contribution is 5.94. The Kier molecular flexibility index (Phi) is 4.22. The monoisotopic (exact) mass is 288 g/mol. The van der Waals surface area contributed by atoms with Crippen LogP contribution in [0.15, 0.2) is 30.6 Å². The molecule has 2 amide bonds. The van der Waals surface area contributed by atoms with E-state index in [1.165, 1.54) is 6.07 Å². The Bertz CT molecular complexity index is 652. The summed E-state index contributed by atoms with van der Waals surface area (Å²) in [6.45, 7) is 3.49.